The second-order valence-corrected chi connectivity index (χ2v) is 3.17. The number of aliphatic imine (C=N–C) groups is 1. The molecule has 0 spiro atoms. The van der Waals surface area contributed by atoms with E-state index in [2.05, 4.69) is 9.50 Å². The third-order valence-corrected chi connectivity index (χ3v) is 2.30. The fourth-order valence-electron chi connectivity index (χ4n) is 1.17. The molecule has 1 amide bonds. The van der Waals surface area contributed by atoms with Gasteiger partial charge in [0.05, 0.1) is 12.8 Å². The van der Waals surface area contributed by atoms with E-state index in [0.29, 0.717) is 17.0 Å². The highest BCUT2D eigenvalue weighted by Gasteiger charge is 2.17. The number of likely N-dealkylation sites (N-methyl/N-ethyl adjacent to an activating group) is 1. The minimum absolute atomic E-state index is 0.256. The van der Waals surface area contributed by atoms with Crippen molar-refractivity contribution in [2.45, 2.75) is 0 Å². The smallest absolute Gasteiger partial charge is 0.277 e. The Morgan fingerprint density at radius 1 is 1.44 bits per heavy atom. The number of halogens is 1. The minimum atomic E-state index is -0.256. The van der Waals surface area contributed by atoms with Gasteiger partial charge in [-0.15, -0.1) is 0 Å². The normalized spacial score (nSPS) is 20.1. The molecule has 0 bridgehead atoms. The van der Waals surface area contributed by atoms with Crippen LogP contribution in [0, 0.1) is 0 Å². The highest BCUT2D eigenvalue weighted by atomic mass is 35.5. The number of allylic oxidation sites excluding steroid dienone is 2. The topological polar surface area (TPSA) is 54.3 Å². The first-order chi connectivity index (χ1) is 7.63. The molecule has 0 aromatic heterocycles. The molecule has 6 heteroatoms. The van der Waals surface area contributed by atoms with Gasteiger partial charge in [0.15, 0.2) is 0 Å². The van der Waals surface area contributed by atoms with E-state index in [1.807, 2.05) is 0 Å². The van der Waals surface area contributed by atoms with Crippen LogP contribution in [-0.4, -0.2) is 43.6 Å². The van der Waals surface area contributed by atoms with Gasteiger partial charge >= 0.3 is 0 Å². The van der Waals surface area contributed by atoms with Crippen molar-refractivity contribution < 1.29 is 9.63 Å². The predicted octanol–water partition coefficient (Wildman–Crippen LogP) is 1.17. The van der Waals surface area contributed by atoms with Crippen molar-refractivity contribution in [3.05, 3.63) is 23.8 Å². The Morgan fingerprint density at radius 3 is 2.62 bits per heavy atom. The molecule has 0 aromatic rings. The quantitative estimate of drug-likeness (QED) is 0.538. The molecule has 0 heterocycles. The van der Waals surface area contributed by atoms with Gasteiger partial charge in [-0.05, 0) is 18.2 Å². The van der Waals surface area contributed by atoms with Gasteiger partial charge < -0.3 is 0 Å². The van der Waals surface area contributed by atoms with Crippen molar-refractivity contribution in [3.63, 3.8) is 0 Å². The standard InChI is InChI=1S/C10H12ClN3O2/c1-12-9-6-7(4-5-8(9)13-11)10(15)14(2)16-3/h4-6H,1-3H3. The van der Waals surface area contributed by atoms with E-state index in [0.717, 1.165) is 5.06 Å². The van der Waals surface area contributed by atoms with Crippen molar-refractivity contribution in [1.29, 1.82) is 0 Å². The van der Waals surface area contributed by atoms with Gasteiger partial charge in [-0.1, -0.05) is 0 Å². The van der Waals surface area contributed by atoms with Gasteiger partial charge in [-0.3, -0.25) is 14.6 Å². The number of carbonyl (C=O) groups excluding carboxylic acids is 1. The van der Waals surface area contributed by atoms with Crippen molar-refractivity contribution in [2.75, 3.05) is 21.2 Å². The number of amides is 1. The molecular weight excluding hydrogens is 230 g/mol. The molecule has 16 heavy (non-hydrogen) atoms. The molecular formula is C10H12ClN3O2. The summed E-state index contributed by atoms with van der Waals surface area (Å²) in [4.78, 5) is 20.5. The van der Waals surface area contributed by atoms with Crippen molar-refractivity contribution in [3.8, 4) is 0 Å². The third kappa shape index (κ3) is 2.56. The van der Waals surface area contributed by atoms with Crippen molar-refractivity contribution in [2.24, 2.45) is 9.50 Å². The third-order valence-electron chi connectivity index (χ3n) is 2.11. The van der Waals surface area contributed by atoms with Crippen LogP contribution < -0.4 is 0 Å². The summed E-state index contributed by atoms with van der Waals surface area (Å²) in [7, 11) is 4.56. The predicted molar refractivity (Wildman–Crippen MR) is 63.6 cm³/mol. The maximum absolute atomic E-state index is 11.7. The van der Waals surface area contributed by atoms with Crippen LogP contribution in [0.25, 0.3) is 0 Å². The summed E-state index contributed by atoms with van der Waals surface area (Å²) < 4.78 is 3.53. The van der Waals surface area contributed by atoms with Crippen LogP contribution >= 0.6 is 11.8 Å². The molecule has 0 saturated heterocycles. The molecule has 0 radical (unpaired) electrons. The maximum atomic E-state index is 11.7. The zero-order valence-corrected chi connectivity index (χ0v) is 10.0. The summed E-state index contributed by atoms with van der Waals surface area (Å²) in [6, 6.07) is 0. The number of carbonyl (C=O) groups is 1. The molecule has 0 saturated carbocycles. The van der Waals surface area contributed by atoms with Crippen LogP contribution in [0.2, 0.25) is 0 Å². The number of hydrogen-bond acceptors (Lipinski definition) is 4. The zero-order valence-electron chi connectivity index (χ0n) is 9.27. The first-order valence-electron chi connectivity index (χ1n) is 4.52. The summed E-state index contributed by atoms with van der Waals surface area (Å²) in [5, 5.41) is 1.13. The van der Waals surface area contributed by atoms with Gasteiger partial charge in [0.2, 0.25) is 0 Å². The largest absolute Gasteiger partial charge is 0.286 e. The number of hydroxylamine groups is 2. The van der Waals surface area contributed by atoms with Gasteiger partial charge in [0.1, 0.15) is 5.71 Å². The fourth-order valence-corrected chi connectivity index (χ4v) is 1.31. The van der Waals surface area contributed by atoms with E-state index in [1.54, 1.807) is 25.3 Å². The maximum Gasteiger partial charge on any atom is 0.277 e. The number of rotatable bonds is 2. The summed E-state index contributed by atoms with van der Waals surface area (Å²) in [6.45, 7) is 0. The lowest BCUT2D eigenvalue weighted by Crippen LogP contribution is -2.28. The fraction of sp³-hybridized carbons (Fsp3) is 0.300. The van der Waals surface area contributed by atoms with E-state index < -0.39 is 0 Å². The Morgan fingerprint density at radius 2 is 2.12 bits per heavy atom. The van der Waals surface area contributed by atoms with Gasteiger partial charge in [-0.25, -0.2) is 5.06 Å². The first-order valence-corrected chi connectivity index (χ1v) is 4.86. The summed E-state index contributed by atoms with van der Waals surface area (Å²) >= 11 is 5.38. The molecule has 0 N–H and O–H groups in total. The van der Waals surface area contributed by atoms with Crippen LogP contribution in [0.5, 0.6) is 0 Å². The lowest BCUT2D eigenvalue weighted by Gasteiger charge is -2.16. The van der Waals surface area contributed by atoms with Crippen LogP contribution in [0.1, 0.15) is 0 Å². The summed E-state index contributed by atoms with van der Waals surface area (Å²) in [5.41, 5.74) is 1.56. The Bertz CT molecular complexity index is 410. The van der Waals surface area contributed by atoms with E-state index >= 15 is 0 Å². The molecule has 1 aliphatic rings. The highest BCUT2D eigenvalue weighted by Crippen LogP contribution is 2.10. The molecule has 0 atom stereocenters. The molecule has 5 nitrogen and oxygen atoms in total. The minimum Gasteiger partial charge on any atom is -0.286 e. The van der Waals surface area contributed by atoms with Gasteiger partial charge in [-0.2, -0.15) is 4.51 Å². The summed E-state index contributed by atoms with van der Waals surface area (Å²) in [5.74, 6) is -0.256. The molecule has 1 aliphatic carbocycles. The van der Waals surface area contributed by atoms with Gasteiger partial charge in [0.25, 0.3) is 5.91 Å². The lowest BCUT2D eigenvalue weighted by atomic mass is 10.0. The second kappa shape index (κ2) is 5.58. The molecule has 86 valence electrons. The average Bonchev–Trinajstić information content (AvgIpc) is 2.35. The zero-order chi connectivity index (χ0) is 12.1. The van der Waals surface area contributed by atoms with E-state index in [1.165, 1.54) is 14.2 Å². The van der Waals surface area contributed by atoms with Gasteiger partial charge in [0, 0.05) is 31.4 Å². The molecule has 0 fully saturated rings. The highest BCUT2D eigenvalue weighted by molar-refractivity contribution is 6.54. The average molecular weight is 242 g/mol. The van der Waals surface area contributed by atoms with Crippen LogP contribution in [-0.2, 0) is 9.63 Å². The molecule has 0 aliphatic heterocycles. The van der Waals surface area contributed by atoms with Crippen molar-refractivity contribution >= 4 is 29.1 Å². The van der Waals surface area contributed by atoms with Crippen LogP contribution in [0.15, 0.2) is 33.3 Å². The molecule has 0 aromatic carbocycles. The second-order valence-electron chi connectivity index (χ2n) is 3.00. The van der Waals surface area contributed by atoms with E-state index in [-0.39, 0.29) is 5.91 Å². The van der Waals surface area contributed by atoms with E-state index in [4.69, 9.17) is 16.6 Å². The Hall–Kier alpha value is -1.46. The van der Waals surface area contributed by atoms with E-state index in [9.17, 15) is 4.79 Å². The Labute approximate surface area is 98.8 Å². The SMILES string of the molecule is CN=C1C=C(C(=O)N(C)OC)C=CC1=NCl. The number of hydrogen-bond donors (Lipinski definition) is 0. The number of nitrogens with zero attached hydrogens (tertiary/aromatic N) is 3. The Balaban J connectivity index is 2.99. The Kier molecular flexibility index (Phi) is 4.39. The monoisotopic (exact) mass is 241 g/mol. The first kappa shape index (κ1) is 12.6. The van der Waals surface area contributed by atoms with Crippen LogP contribution in [0.3, 0.4) is 0 Å². The van der Waals surface area contributed by atoms with Crippen LogP contribution in [0.4, 0.5) is 0 Å². The lowest BCUT2D eigenvalue weighted by molar-refractivity contribution is -0.163. The molecule has 0 unspecified atom stereocenters. The molecule has 1 rings (SSSR count). The van der Waals surface area contributed by atoms with Crippen molar-refractivity contribution in [1.82, 2.24) is 5.06 Å². The summed E-state index contributed by atoms with van der Waals surface area (Å²) in [6.07, 6.45) is 4.86.